The Balaban J connectivity index is 2.35. The number of amides is 1. The zero-order valence-corrected chi connectivity index (χ0v) is 12.1. The fourth-order valence-electron chi connectivity index (χ4n) is 3.17. The van der Waals surface area contributed by atoms with Gasteiger partial charge in [-0.15, -0.1) is 0 Å². The Morgan fingerprint density at radius 2 is 1.81 bits per heavy atom. The lowest BCUT2D eigenvalue weighted by atomic mass is 9.77. The van der Waals surface area contributed by atoms with Crippen molar-refractivity contribution in [3.05, 3.63) is 35.6 Å². The van der Waals surface area contributed by atoms with Crippen LogP contribution in [0.3, 0.4) is 0 Å². The van der Waals surface area contributed by atoms with Crippen LogP contribution in [-0.2, 0) is 15.0 Å². The van der Waals surface area contributed by atoms with Crippen LogP contribution in [0.1, 0.15) is 38.2 Å². The third-order valence-corrected chi connectivity index (χ3v) is 4.26. The molecule has 114 valence electrons. The molecule has 1 aliphatic rings. The Morgan fingerprint density at radius 1 is 1.24 bits per heavy atom. The van der Waals surface area contributed by atoms with Crippen LogP contribution in [-0.4, -0.2) is 35.0 Å². The molecule has 0 bridgehead atoms. The summed E-state index contributed by atoms with van der Waals surface area (Å²) in [4.78, 5) is 25.2. The van der Waals surface area contributed by atoms with Crippen LogP contribution in [0.5, 0.6) is 0 Å². The van der Waals surface area contributed by atoms with Crippen molar-refractivity contribution in [3.8, 4) is 0 Å². The molecule has 5 heteroatoms. The first kappa shape index (κ1) is 15.5. The van der Waals surface area contributed by atoms with Gasteiger partial charge >= 0.3 is 5.97 Å². The molecule has 0 aliphatic heterocycles. The average Bonchev–Trinajstić information content (AvgIpc) is 2.95. The summed E-state index contributed by atoms with van der Waals surface area (Å²) in [5, 5.41) is 8.95. The average molecular weight is 293 g/mol. The van der Waals surface area contributed by atoms with E-state index in [2.05, 4.69) is 0 Å². The number of benzene rings is 1. The highest BCUT2D eigenvalue weighted by Gasteiger charge is 2.44. The third-order valence-electron chi connectivity index (χ3n) is 4.26. The van der Waals surface area contributed by atoms with Gasteiger partial charge in [0.1, 0.15) is 12.4 Å². The minimum atomic E-state index is -1.02. The molecular weight excluding hydrogens is 273 g/mol. The number of likely N-dealkylation sites (N-methyl/N-ethyl adjacent to an activating group) is 1. The SMILES string of the molecule is CCN(CC(=O)O)C(=O)C1(c2ccc(F)cc2)CCCC1. The van der Waals surface area contributed by atoms with E-state index >= 15 is 0 Å². The monoisotopic (exact) mass is 293 g/mol. The van der Waals surface area contributed by atoms with E-state index < -0.39 is 11.4 Å². The molecule has 1 N–H and O–H groups in total. The quantitative estimate of drug-likeness (QED) is 0.907. The standard InChI is InChI=1S/C16H20FNO3/c1-2-18(11-14(19)20)15(21)16(9-3-4-10-16)12-5-7-13(17)8-6-12/h5-8H,2-4,9-11H2,1H3,(H,19,20). The maximum atomic E-state index is 13.1. The number of hydrogen-bond acceptors (Lipinski definition) is 2. The molecule has 0 aromatic heterocycles. The van der Waals surface area contributed by atoms with Crippen molar-refractivity contribution >= 4 is 11.9 Å². The van der Waals surface area contributed by atoms with E-state index in [9.17, 15) is 14.0 Å². The zero-order chi connectivity index (χ0) is 15.5. The molecule has 1 fully saturated rings. The molecule has 1 aliphatic carbocycles. The Labute approximate surface area is 123 Å². The third kappa shape index (κ3) is 3.06. The highest BCUT2D eigenvalue weighted by molar-refractivity contribution is 5.90. The van der Waals surface area contributed by atoms with Crippen LogP contribution in [0, 0.1) is 5.82 Å². The number of halogens is 1. The maximum Gasteiger partial charge on any atom is 0.323 e. The first-order chi connectivity index (χ1) is 9.99. The predicted molar refractivity (Wildman–Crippen MR) is 76.4 cm³/mol. The predicted octanol–water partition coefficient (Wildman–Crippen LogP) is 2.57. The molecule has 0 spiro atoms. The fourth-order valence-corrected chi connectivity index (χ4v) is 3.17. The number of rotatable bonds is 5. The number of carbonyl (C=O) groups is 2. The molecule has 0 heterocycles. The van der Waals surface area contributed by atoms with Crippen LogP contribution in [0.25, 0.3) is 0 Å². The number of carboxylic acid groups (broad SMARTS) is 1. The van der Waals surface area contributed by atoms with Gasteiger partial charge in [-0.2, -0.15) is 0 Å². The lowest BCUT2D eigenvalue weighted by Crippen LogP contribution is -2.47. The molecular formula is C16H20FNO3. The summed E-state index contributed by atoms with van der Waals surface area (Å²) >= 11 is 0. The molecule has 2 rings (SSSR count). The molecule has 4 nitrogen and oxygen atoms in total. The lowest BCUT2D eigenvalue weighted by molar-refractivity contribution is -0.147. The van der Waals surface area contributed by atoms with Crippen molar-refractivity contribution in [3.63, 3.8) is 0 Å². The Bertz CT molecular complexity index is 521. The molecule has 0 atom stereocenters. The van der Waals surface area contributed by atoms with Gasteiger partial charge in [0.2, 0.25) is 5.91 Å². The van der Waals surface area contributed by atoms with E-state index in [0.717, 1.165) is 18.4 Å². The van der Waals surface area contributed by atoms with E-state index in [0.29, 0.717) is 19.4 Å². The van der Waals surface area contributed by atoms with Gasteiger partial charge in [-0.3, -0.25) is 9.59 Å². The van der Waals surface area contributed by atoms with Gasteiger partial charge in [-0.05, 0) is 37.5 Å². The zero-order valence-electron chi connectivity index (χ0n) is 12.1. The van der Waals surface area contributed by atoms with Gasteiger partial charge in [0.15, 0.2) is 0 Å². The second-order valence-electron chi connectivity index (χ2n) is 5.51. The number of nitrogens with zero attached hydrogens (tertiary/aromatic N) is 1. The fraction of sp³-hybridized carbons (Fsp3) is 0.500. The number of hydrogen-bond donors (Lipinski definition) is 1. The molecule has 1 saturated carbocycles. The summed E-state index contributed by atoms with van der Waals surface area (Å²) in [6, 6.07) is 6.01. The minimum absolute atomic E-state index is 0.156. The van der Waals surface area contributed by atoms with Crippen LogP contribution < -0.4 is 0 Å². The van der Waals surface area contributed by atoms with Crippen molar-refractivity contribution in [2.24, 2.45) is 0 Å². The van der Waals surface area contributed by atoms with Crippen molar-refractivity contribution in [2.45, 2.75) is 38.0 Å². The van der Waals surface area contributed by atoms with Gasteiger partial charge < -0.3 is 10.0 Å². The van der Waals surface area contributed by atoms with E-state index in [-0.39, 0.29) is 18.3 Å². The molecule has 1 aromatic carbocycles. The first-order valence-corrected chi connectivity index (χ1v) is 7.27. The number of carboxylic acids is 1. The summed E-state index contributed by atoms with van der Waals surface area (Å²) in [6.07, 6.45) is 3.22. The Hall–Kier alpha value is -1.91. The first-order valence-electron chi connectivity index (χ1n) is 7.27. The van der Waals surface area contributed by atoms with E-state index in [1.165, 1.54) is 17.0 Å². The second kappa shape index (κ2) is 6.24. The highest BCUT2D eigenvalue weighted by Crippen LogP contribution is 2.42. The topological polar surface area (TPSA) is 57.6 Å². The smallest absolute Gasteiger partial charge is 0.323 e. The summed E-state index contributed by atoms with van der Waals surface area (Å²) in [5.74, 6) is -1.51. The summed E-state index contributed by atoms with van der Waals surface area (Å²) in [6.45, 7) is 1.83. The number of aliphatic carboxylic acids is 1. The van der Waals surface area contributed by atoms with Gasteiger partial charge in [-0.25, -0.2) is 4.39 Å². The summed E-state index contributed by atoms with van der Waals surface area (Å²) in [7, 11) is 0. The van der Waals surface area contributed by atoms with Gasteiger partial charge in [0.25, 0.3) is 0 Å². The normalized spacial score (nSPS) is 16.7. The highest BCUT2D eigenvalue weighted by atomic mass is 19.1. The van der Waals surface area contributed by atoms with E-state index in [4.69, 9.17) is 5.11 Å². The Kier molecular flexibility index (Phi) is 4.60. The summed E-state index contributed by atoms with van der Waals surface area (Å²) in [5.41, 5.74) is 0.0920. The number of carbonyl (C=O) groups excluding carboxylic acids is 1. The molecule has 21 heavy (non-hydrogen) atoms. The van der Waals surface area contributed by atoms with Gasteiger partial charge in [0.05, 0.1) is 5.41 Å². The van der Waals surface area contributed by atoms with E-state index in [1.54, 1.807) is 19.1 Å². The van der Waals surface area contributed by atoms with Crippen molar-refractivity contribution in [1.29, 1.82) is 0 Å². The van der Waals surface area contributed by atoms with Crippen LogP contribution in [0.2, 0.25) is 0 Å². The molecule has 0 radical (unpaired) electrons. The van der Waals surface area contributed by atoms with Gasteiger partial charge in [-0.1, -0.05) is 25.0 Å². The van der Waals surface area contributed by atoms with Crippen LogP contribution in [0.15, 0.2) is 24.3 Å². The van der Waals surface area contributed by atoms with Crippen molar-refractivity contribution in [2.75, 3.05) is 13.1 Å². The van der Waals surface area contributed by atoms with E-state index in [1.807, 2.05) is 0 Å². The van der Waals surface area contributed by atoms with Crippen LogP contribution in [0.4, 0.5) is 4.39 Å². The van der Waals surface area contributed by atoms with Crippen molar-refractivity contribution in [1.82, 2.24) is 4.90 Å². The largest absolute Gasteiger partial charge is 0.480 e. The van der Waals surface area contributed by atoms with Crippen LogP contribution >= 0.6 is 0 Å². The van der Waals surface area contributed by atoms with Crippen molar-refractivity contribution < 1.29 is 19.1 Å². The minimum Gasteiger partial charge on any atom is -0.480 e. The van der Waals surface area contributed by atoms with Gasteiger partial charge in [0, 0.05) is 6.54 Å². The molecule has 1 amide bonds. The second-order valence-corrected chi connectivity index (χ2v) is 5.51. The molecule has 0 unspecified atom stereocenters. The maximum absolute atomic E-state index is 13.1. The molecule has 1 aromatic rings. The lowest BCUT2D eigenvalue weighted by Gasteiger charge is -2.33. The molecule has 0 saturated heterocycles. The Morgan fingerprint density at radius 3 is 2.29 bits per heavy atom. The summed E-state index contributed by atoms with van der Waals surface area (Å²) < 4.78 is 13.1.